The third kappa shape index (κ3) is 3.37. The van der Waals surface area contributed by atoms with Crippen LogP contribution in [-0.2, 0) is 5.41 Å². The van der Waals surface area contributed by atoms with Crippen molar-refractivity contribution in [3.8, 4) is 5.75 Å². The highest BCUT2D eigenvalue weighted by atomic mass is 16.5. The van der Waals surface area contributed by atoms with Crippen LogP contribution in [0.2, 0.25) is 0 Å². The molecule has 148 valence electrons. The second-order valence-electron chi connectivity index (χ2n) is 8.71. The molecule has 3 heterocycles. The molecule has 0 radical (unpaired) electrons. The normalized spacial score (nSPS) is 22.2. The molecule has 1 atom stereocenters. The van der Waals surface area contributed by atoms with E-state index in [2.05, 4.69) is 36.3 Å². The summed E-state index contributed by atoms with van der Waals surface area (Å²) in [5, 5.41) is 10.2. The summed E-state index contributed by atoms with van der Waals surface area (Å²) in [6.45, 7) is 7.66. The Labute approximate surface area is 164 Å². The summed E-state index contributed by atoms with van der Waals surface area (Å²) in [6, 6.07) is 9.07. The minimum absolute atomic E-state index is 0.104. The van der Waals surface area contributed by atoms with Gasteiger partial charge in [0.2, 0.25) is 0 Å². The molecule has 28 heavy (non-hydrogen) atoms. The molecule has 1 fully saturated rings. The summed E-state index contributed by atoms with van der Waals surface area (Å²) in [5.74, 6) is 0.318. The number of likely N-dealkylation sites (tertiary alicyclic amines) is 1. The van der Waals surface area contributed by atoms with Crippen molar-refractivity contribution in [1.82, 2.24) is 20.4 Å². The van der Waals surface area contributed by atoms with Gasteiger partial charge >= 0.3 is 0 Å². The van der Waals surface area contributed by atoms with E-state index in [-0.39, 0.29) is 17.2 Å². The second kappa shape index (κ2) is 6.65. The topological polar surface area (TPSA) is 87.3 Å². The molecule has 0 aliphatic carbocycles. The Morgan fingerprint density at radius 1 is 1.29 bits per heavy atom. The molecular formula is C21H26N4O3. The van der Waals surface area contributed by atoms with Crippen LogP contribution in [0, 0.1) is 0 Å². The number of hydrogen-bond donors (Lipinski definition) is 2. The number of ether oxygens (including phenoxy) is 1. The van der Waals surface area contributed by atoms with E-state index < -0.39 is 5.60 Å². The van der Waals surface area contributed by atoms with Gasteiger partial charge in [-0.1, -0.05) is 32.9 Å². The number of amides is 2. The van der Waals surface area contributed by atoms with Crippen molar-refractivity contribution in [3.63, 3.8) is 0 Å². The third-order valence-corrected chi connectivity index (χ3v) is 5.46. The average molecular weight is 382 g/mol. The van der Waals surface area contributed by atoms with Crippen molar-refractivity contribution < 1.29 is 14.3 Å². The lowest BCUT2D eigenvalue weighted by atomic mass is 9.91. The van der Waals surface area contributed by atoms with Crippen molar-refractivity contribution >= 4 is 11.8 Å². The number of aromatic amines is 1. The zero-order chi connectivity index (χ0) is 19.9. The quantitative estimate of drug-likeness (QED) is 0.793. The maximum absolute atomic E-state index is 13.1. The Hall–Kier alpha value is -2.83. The monoisotopic (exact) mass is 382 g/mol. The molecule has 1 saturated heterocycles. The molecular weight excluding hydrogens is 356 g/mol. The first-order chi connectivity index (χ1) is 13.3. The first-order valence-corrected chi connectivity index (χ1v) is 9.69. The number of fused-ring (bicyclic) bond motifs is 1. The van der Waals surface area contributed by atoms with E-state index in [0.717, 1.165) is 18.5 Å². The van der Waals surface area contributed by atoms with Gasteiger partial charge in [-0.15, -0.1) is 0 Å². The van der Waals surface area contributed by atoms with Gasteiger partial charge in [0.25, 0.3) is 11.8 Å². The average Bonchev–Trinajstić information content (AvgIpc) is 3.12. The highest BCUT2D eigenvalue weighted by molar-refractivity contribution is 5.97. The fourth-order valence-electron chi connectivity index (χ4n) is 3.83. The summed E-state index contributed by atoms with van der Waals surface area (Å²) in [4.78, 5) is 27.2. The van der Waals surface area contributed by atoms with Gasteiger partial charge in [0.15, 0.2) is 0 Å². The van der Waals surface area contributed by atoms with Crippen LogP contribution in [0.15, 0.2) is 30.3 Å². The van der Waals surface area contributed by atoms with Crippen LogP contribution >= 0.6 is 0 Å². The van der Waals surface area contributed by atoms with Crippen LogP contribution in [0.4, 0.5) is 0 Å². The maximum Gasteiger partial charge on any atom is 0.274 e. The van der Waals surface area contributed by atoms with Gasteiger partial charge in [0, 0.05) is 17.7 Å². The number of nitrogens with zero attached hydrogens (tertiary/aromatic N) is 2. The number of H-pyrrole nitrogens is 1. The molecule has 1 spiro atoms. The molecule has 0 bridgehead atoms. The van der Waals surface area contributed by atoms with E-state index in [1.807, 2.05) is 24.3 Å². The van der Waals surface area contributed by atoms with Crippen molar-refractivity contribution in [2.75, 3.05) is 19.6 Å². The van der Waals surface area contributed by atoms with Crippen molar-refractivity contribution in [1.29, 1.82) is 0 Å². The Morgan fingerprint density at radius 3 is 2.82 bits per heavy atom. The predicted octanol–water partition coefficient (Wildman–Crippen LogP) is 2.50. The van der Waals surface area contributed by atoms with E-state index >= 15 is 0 Å². The van der Waals surface area contributed by atoms with Gasteiger partial charge in [0.1, 0.15) is 17.0 Å². The standard InChI is InChI=1S/C21H26N4O3/c1-20(2,3)17-11-15(23-24-17)19(27)25-10-6-9-21(13-25)12-22-18(26)14-7-4-5-8-16(14)28-21/h4-5,7-8,11H,6,9-10,12-13H2,1-3H3,(H,22,26)(H,23,24)/t21-/m1/s1. The van der Waals surface area contributed by atoms with Crippen LogP contribution in [0.3, 0.4) is 0 Å². The number of para-hydroxylation sites is 1. The summed E-state index contributed by atoms with van der Waals surface area (Å²) in [5.41, 5.74) is 1.14. The number of piperidine rings is 1. The first-order valence-electron chi connectivity index (χ1n) is 9.69. The number of carbonyl (C=O) groups is 2. The van der Waals surface area contributed by atoms with Crippen molar-refractivity contribution in [2.45, 2.75) is 44.6 Å². The molecule has 4 rings (SSSR count). The highest BCUT2D eigenvalue weighted by Gasteiger charge is 2.42. The Morgan fingerprint density at radius 2 is 2.07 bits per heavy atom. The Balaban J connectivity index is 1.57. The number of carbonyl (C=O) groups excluding carboxylic acids is 2. The van der Waals surface area contributed by atoms with E-state index in [1.165, 1.54) is 0 Å². The largest absolute Gasteiger partial charge is 0.483 e. The third-order valence-electron chi connectivity index (χ3n) is 5.46. The van der Waals surface area contributed by atoms with Gasteiger partial charge in [-0.3, -0.25) is 14.7 Å². The first kappa shape index (κ1) is 18.5. The minimum atomic E-state index is -0.626. The number of hydrogen-bond acceptors (Lipinski definition) is 4. The summed E-state index contributed by atoms with van der Waals surface area (Å²) >= 11 is 0. The molecule has 2 N–H and O–H groups in total. The molecule has 2 aliphatic heterocycles. The smallest absolute Gasteiger partial charge is 0.274 e. The van der Waals surface area contributed by atoms with E-state index in [9.17, 15) is 9.59 Å². The second-order valence-corrected chi connectivity index (χ2v) is 8.71. The number of benzene rings is 1. The highest BCUT2D eigenvalue weighted by Crippen LogP contribution is 2.32. The van der Waals surface area contributed by atoms with Crippen molar-refractivity contribution in [3.05, 3.63) is 47.3 Å². The van der Waals surface area contributed by atoms with Gasteiger partial charge < -0.3 is 15.0 Å². The Kier molecular flexibility index (Phi) is 4.40. The molecule has 2 aliphatic rings. The summed E-state index contributed by atoms with van der Waals surface area (Å²) in [6.07, 6.45) is 1.58. The molecule has 7 nitrogen and oxygen atoms in total. The van der Waals surface area contributed by atoms with E-state index in [1.54, 1.807) is 11.0 Å². The van der Waals surface area contributed by atoms with Gasteiger partial charge in [-0.05, 0) is 31.0 Å². The van der Waals surface area contributed by atoms with E-state index in [4.69, 9.17) is 4.74 Å². The molecule has 1 aromatic heterocycles. The molecule has 0 unspecified atom stereocenters. The number of aromatic nitrogens is 2. The number of rotatable bonds is 1. The van der Waals surface area contributed by atoms with Crippen LogP contribution in [-0.4, -0.2) is 52.1 Å². The minimum Gasteiger partial charge on any atom is -0.483 e. The lowest BCUT2D eigenvalue weighted by Crippen LogP contribution is -2.57. The summed E-state index contributed by atoms with van der Waals surface area (Å²) < 4.78 is 6.33. The van der Waals surface area contributed by atoms with Gasteiger partial charge in [-0.2, -0.15) is 5.10 Å². The molecule has 0 saturated carbocycles. The molecule has 2 amide bonds. The molecule has 7 heteroatoms. The SMILES string of the molecule is CC(C)(C)c1cc(C(=O)N2CCC[C@@]3(CNC(=O)c4ccccc4O3)C2)n[nH]1. The van der Waals surface area contributed by atoms with Crippen LogP contribution in [0.5, 0.6) is 5.75 Å². The lowest BCUT2D eigenvalue weighted by molar-refractivity contribution is -0.00109. The van der Waals surface area contributed by atoms with E-state index in [0.29, 0.717) is 36.6 Å². The maximum atomic E-state index is 13.1. The molecule has 1 aromatic carbocycles. The van der Waals surface area contributed by atoms with Crippen LogP contribution < -0.4 is 10.1 Å². The fraction of sp³-hybridized carbons (Fsp3) is 0.476. The van der Waals surface area contributed by atoms with Crippen molar-refractivity contribution in [2.24, 2.45) is 0 Å². The van der Waals surface area contributed by atoms with Crippen LogP contribution in [0.1, 0.15) is 60.2 Å². The lowest BCUT2D eigenvalue weighted by Gasteiger charge is -2.41. The summed E-state index contributed by atoms with van der Waals surface area (Å²) in [7, 11) is 0. The Bertz CT molecular complexity index is 914. The predicted molar refractivity (Wildman–Crippen MR) is 105 cm³/mol. The number of nitrogens with one attached hydrogen (secondary N) is 2. The molecule has 2 aromatic rings. The van der Waals surface area contributed by atoms with Gasteiger partial charge in [0.05, 0.1) is 18.7 Å². The zero-order valence-electron chi connectivity index (χ0n) is 16.5. The van der Waals surface area contributed by atoms with Crippen LogP contribution in [0.25, 0.3) is 0 Å². The zero-order valence-corrected chi connectivity index (χ0v) is 16.5. The fourth-order valence-corrected chi connectivity index (χ4v) is 3.83. The van der Waals surface area contributed by atoms with Gasteiger partial charge in [-0.25, -0.2) is 0 Å².